The largest absolute Gasteiger partial charge is 0.490 e. The Bertz CT molecular complexity index is 2020. The van der Waals surface area contributed by atoms with Gasteiger partial charge in [0.05, 0.1) is 18.0 Å². The number of alkyl halides is 3. The first kappa shape index (κ1) is 38.9. The van der Waals surface area contributed by atoms with Crippen LogP contribution in [0.25, 0.3) is 0 Å². The molecule has 310 valence electrons. The number of nitrogens with zero attached hydrogens (tertiary/aromatic N) is 6. The van der Waals surface area contributed by atoms with Crippen molar-refractivity contribution in [1.29, 1.82) is 0 Å². The van der Waals surface area contributed by atoms with Gasteiger partial charge in [-0.3, -0.25) is 4.79 Å². The van der Waals surface area contributed by atoms with Crippen LogP contribution in [0.15, 0.2) is 36.8 Å². The number of piperidine rings is 1. The second-order valence-corrected chi connectivity index (χ2v) is 18.5. The third-order valence-electron chi connectivity index (χ3n) is 13.7. The topological polar surface area (TPSA) is 123 Å². The van der Waals surface area contributed by atoms with Crippen LogP contribution >= 0.6 is 0 Å². The van der Waals surface area contributed by atoms with Gasteiger partial charge < -0.3 is 24.6 Å². The molecule has 4 bridgehead atoms. The van der Waals surface area contributed by atoms with E-state index in [0.29, 0.717) is 61.9 Å². The third kappa shape index (κ3) is 7.24. The average molecular weight is 806 g/mol. The van der Waals surface area contributed by atoms with Gasteiger partial charge in [0.15, 0.2) is 11.5 Å². The number of amides is 1. The van der Waals surface area contributed by atoms with Crippen molar-refractivity contribution in [2.45, 2.75) is 121 Å². The van der Waals surface area contributed by atoms with Crippen molar-refractivity contribution in [1.82, 2.24) is 25.3 Å². The summed E-state index contributed by atoms with van der Waals surface area (Å²) in [6.45, 7) is 6.96. The van der Waals surface area contributed by atoms with Gasteiger partial charge in [-0.25, -0.2) is 29.1 Å². The Morgan fingerprint density at radius 2 is 1.50 bits per heavy atom. The molecule has 3 aromatic rings. The van der Waals surface area contributed by atoms with Crippen LogP contribution in [0.1, 0.15) is 119 Å². The molecule has 0 radical (unpaired) electrons. The van der Waals surface area contributed by atoms with E-state index in [1.807, 2.05) is 23.1 Å². The predicted octanol–water partition coefficient (Wildman–Crippen LogP) is 8.16. The third-order valence-corrected chi connectivity index (χ3v) is 13.7. The minimum absolute atomic E-state index is 0.0324. The molecule has 10 rings (SSSR count). The number of nitrogens with one attached hydrogen (secondary N) is 1. The summed E-state index contributed by atoms with van der Waals surface area (Å²) in [5.41, 5.74) is -2.60. The van der Waals surface area contributed by atoms with Gasteiger partial charge in [0.2, 0.25) is 11.9 Å². The van der Waals surface area contributed by atoms with E-state index in [1.54, 1.807) is 25.7 Å². The second-order valence-electron chi connectivity index (χ2n) is 18.5. The van der Waals surface area contributed by atoms with Crippen molar-refractivity contribution < 1.29 is 36.6 Å². The molecule has 2 aromatic heterocycles. The molecule has 7 aliphatic rings. The number of rotatable bonds is 8. The number of hydrogen-bond acceptors (Lipinski definition) is 10. The van der Waals surface area contributed by atoms with Gasteiger partial charge in [-0.05, 0) is 119 Å². The number of fused-ring (bicyclic) bond motifs is 1. The zero-order valence-corrected chi connectivity index (χ0v) is 33.2. The van der Waals surface area contributed by atoms with Crippen molar-refractivity contribution in [3.63, 3.8) is 0 Å². The molecular weight excluding hydrogens is 755 g/mol. The number of halogens is 4. The minimum atomic E-state index is -4.98. The highest BCUT2D eigenvalue weighted by atomic mass is 19.4. The number of hydrogen-bond donors (Lipinski definition) is 1. The number of aromatic nitrogens is 4. The van der Waals surface area contributed by atoms with Crippen LogP contribution in [0, 0.1) is 35.4 Å². The molecule has 4 heterocycles. The molecule has 2 aliphatic heterocycles. The van der Waals surface area contributed by atoms with Crippen molar-refractivity contribution in [3.8, 4) is 5.75 Å². The highest BCUT2D eigenvalue weighted by Gasteiger charge is 2.63. The molecule has 11 nitrogen and oxygen atoms in total. The zero-order valence-electron chi connectivity index (χ0n) is 33.2. The molecule has 0 spiro atoms. The molecule has 1 saturated heterocycles. The van der Waals surface area contributed by atoms with Crippen molar-refractivity contribution >= 4 is 29.5 Å². The molecule has 5 saturated carbocycles. The lowest BCUT2D eigenvalue weighted by molar-refractivity contribution is -0.180. The fourth-order valence-corrected chi connectivity index (χ4v) is 11.3. The lowest BCUT2D eigenvalue weighted by Crippen LogP contribution is -2.71. The lowest BCUT2D eigenvalue weighted by Gasteiger charge is -2.59. The Morgan fingerprint density at radius 3 is 2.12 bits per heavy atom. The Hall–Kier alpha value is -4.56. The van der Waals surface area contributed by atoms with E-state index in [-0.39, 0.29) is 29.8 Å². The summed E-state index contributed by atoms with van der Waals surface area (Å²) >= 11 is 0. The summed E-state index contributed by atoms with van der Waals surface area (Å²) in [5, 5.41) is 2.88. The molecule has 1 atom stereocenters. The maximum atomic E-state index is 15.0. The first-order chi connectivity index (χ1) is 27.6. The van der Waals surface area contributed by atoms with E-state index in [0.717, 1.165) is 87.6 Å². The van der Waals surface area contributed by atoms with E-state index >= 15 is 13.2 Å². The predicted molar refractivity (Wildman–Crippen MR) is 206 cm³/mol. The number of ether oxygens (including phenoxy) is 2. The molecule has 58 heavy (non-hydrogen) atoms. The maximum absolute atomic E-state index is 15.0. The monoisotopic (exact) mass is 805 g/mol. The maximum Gasteiger partial charge on any atom is 0.434 e. The van der Waals surface area contributed by atoms with Gasteiger partial charge in [-0.2, -0.15) is 13.2 Å². The summed E-state index contributed by atoms with van der Waals surface area (Å²) in [5.74, 6) is -0.231. The summed E-state index contributed by atoms with van der Waals surface area (Å²) in [7, 11) is 0. The van der Waals surface area contributed by atoms with E-state index < -0.39 is 46.3 Å². The average Bonchev–Trinajstić information content (AvgIpc) is 3.84. The van der Waals surface area contributed by atoms with Gasteiger partial charge in [-0.1, -0.05) is 12.8 Å². The zero-order chi connectivity index (χ0) is 40.6. The van der Waals surface area contributed by atoms with E-state index in [9.17, 15) is 14.0 Å². The molecule has 5 aliphatic carbocycles. The summed E-state index contributed by atoms with van der Waals surface area (Å²) in [4.78, 5) is 48.8. The van der Waals surface area contributed by atoms with Crippen molar-refractivity contribution in [2.24, 2.45) is 29.6 Å². The van der Waals surface area contributed by atoms with Gasteiger partial charge in [0, 0.05) is 50.3 Å². The Kier molecular flexibility index (Phi) is 9.81. The van der Waals surface area contributed by atoms with Crippen LogP contribution in [0.4, 0.5) is 35.1 Å². The van der Waals surface area contributed by atoms with Gasteiger partial charge in [0.25, 0.3) is 5.91 Å². The summed E-state index contributed by atoms with van der Waals surface area (Å²) in [6, 6.07) is 5.72. The number of carbonyl (C=O) groups is 2. The van der Waals surface area contributed by atoms with Crippen LogP contribution in [0.2, 0.25) is 0 Å². The van der Waals surface area contributed by atoms with Crippen LogP contribution in [0.3, 0.4) is 0 Å². The molecule has 1 aromatic carbocycles. The Balaban J connectivity index is 0.982. The first-order valence-electron chi connectivity index (χ1n) is 21.0. The standard InChI is InChI=1S/C43H51F4N7O4/c1-41(2,3)58-38(56)42(27-15-24-14-25(17-27)18-28(42)16-24)52-37(55)33-22-50-40(51-36(33)43(45,46)47)54-23-34(26-6-4-5-7-26)32-19-31(8-9-35(32)54)57-30-10-12-53(13-11-30)39-48-20-29(44)21-49-39/h8-9,19-22,24-28,30,34H,4-7,10-18,23H2,1-3H3,(H,52,55). The first-order valence-corrected chi connectivity index (χ1v) is 21.0. The molecule has 6 fully saturated rings. The SMILES string of the molecule is CC(C)(C)OC(=O)C1(NC(=O)c2cnc(N3CC(C4CCCC4)c4cc(OC5CCN(c6ncc(F)cn6)CC5)ccc43)nc2C(F)(F)F)C2CC3CC(C2)CC1C3. The Labute approximate surface area is 335 Å². The van der Waals surface area contributed by atoms with Crippen molar-refractivity contribution in [2.75, 3.05) is 29.4 Å². The quantitative estimate of drug-likeness (QED) is 0.176. The van der Waals surface area contributed by atoms with Crippen LogP contribution in [-0.4, -0.2) is 68.7 Å². The number of benzene rings is 1. The molecule has 1 unspecified atom stereocenters. The molecular formula is C43H51F4N7O4. The van der Waals surface area contributed by atoms with E-state index in [2.05, 4.69) is 25.3 Å². The smallest absolute Gasteiger partial charge is 0.434 e. The number of carbonyl (C=O) groups excluding carboxylic acids is 2. The fourth-order valence-electron chi connectivity index (χ4n) is 11.3. The van der Waals surface area contributed by atoms with E-state index in [1.165, 1.54) is 0 Å². The molecule has 1 N–H and O–H groups in total. The van der Waals surface area contributed by atoms with Gasteiger partial charge in [0.1, 0.15) is 23.0 Å². The molecule has 15 heteroatoms. The summed E-state index contributed by atoms with van der Waals surface area (Å²) in [6.07, 6.45) is 7.89. The number of esters is 1. The number of anilines is 3. The van der Waals surface area contributed by atoms with E-state index in [4.69, 9.17) is 9.47 Å². The van der Waals surface area contributed by atoms with Crippen LogP contribution in [-0.2, 0) is 15.7 Å². The van der Waals surface area contributed by atoms with Crippen molar-refractivity contribution in [3.05, 3.63) is 59.4 Å². The fraction of sp³-hybridized carbons (Fsp3) is 0.628. The minimum Gasteiger partial charge on any atom is -0.490 e. The van der Waals surface area contributed by atoms with Crippen LogP contribution in [0.5, 0.6) is 5.75 Å². The highest BCUT2D eigenvalue weighted by molar-refractivity contribution is 5.99. The summed E-state index contributed by atoms with van der Waals surface area (Å²) < 4.78 is 70.8. The molecule has 1 amide bonds. The second kappa shape index (κ2) is 14.6. The van der Waals surface area contributed by atoms with Crippen LogP contribution < -0.4 is 19.9 Å². The van der Waals surface area contributed by atoms with Gasteiger partial charge in [-0.15, -0.1) is 0 Å². The Morgan fingerprint density at radius 1 is 0.862 bits per heavy atom. The lowest BCUT2D eigenvalue weighted by atomic mass is 9.48. The highest BCUT2D eigenvalue weighted by Crippen LogP contribution is 2.59. The normalized spacial score (nSPS) is 28.5. The van der Waals surface area contributed by atoms with Gasteiger partial charge >= 0.3 is 12.1 Å².